The first-order valence-electron chi connectivity index (χ1n) is 11.0. The van der Waals surface area contributed by atoms with Crippen molar-refractivity contribution in [2.24, 2.45) is 5.92 Å². The number of amides is 1. The summed E-state index contributed by atoms with van der Waals surface area (Å²) in [5, 5.41) is -0.0481. The van der Waals surface area contributed by atoms with Crippen LogP contribution in [-0.4, -0.2) is 47.5 Å². The number of hydrogen-bond donors (Lipinski definition) is 0. The minimum atomic E-state index is -3.80. The fraction of sp³-hybridized carbons (Fsp3) is 0.565. The molecule has 0 spiro atoms. The lowest BCUT2D eigenvalue weighted by atomic mass is 10.1. The molecule has 1 aliphatic heterocycles. The summed E-state index contributed by atoms with van der Waals surface area (Å²) in [6.45, 7) is 8.84. The minimum absolute atomic E-state index is 0.000542. The van der Waals surface area contributed by atoms with Crippen LogP contribution in [0.3, 0.4) is 0 Å². The summed E-state index contributed by atoms with van der Waals surface area (Å²) in [5.74, 6) is -0.875. The number of imidazole rings is 1. The number of aromatic nitrogens is 2. The van der Waals surface area contributed by atoms with Crippen LogP contribution in [0.2, 0.25) is 0 Å². The highest BCUT2D eigenvalue weighted by Gasteiger charge is 2.29. The normalized spacial score (nSPS) is 16.8. The molecular weight excluding hydrogens is 433 g/mol. The Morgan fingerprint density at radius 2 is 1.94 bits per heavy atom. The molecule has 0 saturated carbocycles. The summed E-state index contributed by atoms with van der Waals surface area (Å²) < 4.78 is 47.2. The van der Waals surface area contributed by atoms with Gasteiger partial charge in [0.2, 0.25) is 20.9 Å². The van der Waals surface area contributed by atoms with Crippen LogP contribution in [0, 0.1) is 11.7 Å². The largest absolute Gasteiger partial charge is 0.376 e. The highest BCUT2D eigenvalue weighted by Crippen LogP contribution is 2.23. The fourth-order valence-electron chi connectivity index (χ4n) is 3.84. The van der Waals surface area contributed by atoms with Crippen LogP contribution in [0.4, 0.5) is 4.39 Å². The number of benzene rings is 1. The van der Waals surface area contributed by atoms with Crippen molar-refractivity contribution in [3.8, 4) is 0 Å². The molecule has 176 valence electrons. The molecule has 3 rings (SSSR count). The van der Waals surface area contributed by atoms with Gasteiger partial charge in [0.05, 0.1) is 36.8 Å². The molecule has 2 aromatic rings. The SMILES string of the molecule is CC(C)C(=O)N(Cc1cnc(S(=O)(=O)Cc2ccc(F)cc2)n1C[C@H]1CCCO1)C(C)C. The van der Waals surface area contributed by atoms with E-state index in [0.717, 1.165) is 12.8 Å². The van der Waals surface area contributed by atoms with Crippen LogP contribution < -0.4 is 0 Å². The second-order valence-corrected chi connectivity index (χ2v) is 10.8. The maximum Gasteiger partial charge on any atom is 0.228 e. The van der Waals surface area contributed by atoms with E-state index in [1.807, 2.05) is 27.7 Å². The molecule has 1 aromatic carbocycles. The fourth-order valence-corrected chi connectivity index (χ4v) is 5.34. The highest BCUT2D eigenvalue weighted by atomic mass is 32.2. The number of ether oxygens (including phenoxy) is 1. The van der Waals surface area contributed by atoms with E-state index in [-0.39, 0.29) is 41.4 Å². The van der Waals surface area contributed by atoms with Crippen molar-refractivity contribution >= 4 is 15.7 Å². The van der Waals surface area contributed by atoms with Crippen LogP contribution in [0.15, 0.2) is 35.6 Å². The van der Waals surface area contributed by atoms with Crippen molar-refractivity contribution in [2.75, 3.05) is 6.61 Å². The lowest BCUT2D eigenvalue weighted by molar-refractivity contribution is -0.137. The van der Waals surface area contributed by atoms with Crippen LogP contribution in [0.25, 0.3) is 0 Å². The minimum Gasteiger partial charge on any atom is -0.376 e. The Kier molecular flexibility index (Phi) is 7.71. The summed E-state index contributed by atoms with van der Waals surface area (Å²) in [7, 11) is -3.80. The number of carbonyl (C=O) groups excluding carboxylic acids is 1. The average Bonchev–Trinajstić information content (AvgIpc) is 3.37. The van der Waals surface area contributed by atoms with Gasteiger partial charge in [-0.3, -0.25) is 4.79 Å². The third-order valence-electron chi connectivity index (χ3n) is 5.59. The lowest BCUT2D eigenvalue weighted by Crippen LogP contribution is -2.39. The topological polar surface area (TPSA) is 81.5 Å². The molecule has 0 radical (unpaired) electrons. The first-order valence-corrected chi connectivity index (χ1v) is 12.7. The number of nitrogens with zero attached hydrogens (tertiary/aromatic N) is 3. The van der Waals surface area contributed by atoms with Crippen LogP contribution in [-0.2, 0) is 38.2 Å². The smallest absolute Gasteiger partial charge is 0.228 e. The Morgan fingerprint density at radius 1 is 1.25 bits per heavy atom. The molecule has 7 nitrogen and oxygen atoms in total. The zero-order valence-electron chi connectivity index (χ0n) is 19.1. The lowest BCUT2D eigenvalue weighted by Gasteiger charge is -2.29. The van der Waals surface area contributed by atoms with E-state index in [1.165, 1.54) is 30.5 Å². The second-order valence-electron chi connectivity index (χ2n) is 8.88. The monoisotopic (exact) mass is 465 g/mol. The molecular formula is C23H32FN3O4S. The quantitative estimate of drug-likeness (QED) is 0.566. The van der Waals surface area contributed by atoms with Gasteiger partial charge in [-0.05, 0) is 44.4 Å². The number of carbonyl (C=O) groups is 1. The standard InChI is InChI=1S/C23H32FN3O4S/c1-16(2)22(28)26(17(3)4)13-20-12-25-23(27(20)14-21-6-5-11-31-21)32(29,30)15-18-7-9-19(24)10-8-18/h7-10,12,16-17,21H,5-6,11,13-15H2,1-4H3/t21-/m1/s1. The van der Waals surface area contributed by atoms with E-state index < -0.39 is 15.7 Å². The zero-order chi connectivity index (χ0) is 23.5. The first-order chi connectivity index (χ1) is 15.1. The third kappa shape index (κ3) is 5.75. The summed E-state index contributed by atoms with van der Waals surface area (Å²) in [4.78, 5) is 18.7. The van der Waals surface area contributed by atoms with Gasteiger partial charge in [0.1, 0.15) is 5.82 Å². The maximum atomic E-state index is 13.3. The Morgan fingerprint density at radius 3 is 2.50 bits per heavy atom. The van der Waals surface area contributed by atoms with Crippen LogP contribution >= 0.6 is 0 Å². The van der Waals surface area contributed by atoms with Gasteiger partial charge in [-0.15, -0.1) is 0 Å². The van der Waals surface area contributed by atoms with Gasteiger partial charge < -0.3 is 14.2 Å². The third-order valence-corrected chi connectivity index (χ3v) is 7.19. The van der Waals surface area contributed by atoms with E-state index in [4.69, 9.17) is 4.74 Å². The van der Waals surface area contributed by atoms with Crippen molar-refractivity contribution in [3.05, 3.63) is 47.5 Å². The maximum absolute atomic E-state index is 13.3. The van der Waals surface area contributed by atoms with E-state index in [1.54, 1.807) is 9.47 Å². The van der Waals surface area contributed by atoms with Gasteiger partial charge in [0.25, 0.3) is 0 Å². The average molecular weight is 466 g/mol. The number of sulfone groups is 1. The molecule has 1 amide bonds. The van der Waals surface area contributed by atoms with E-state index in [0.29, 0.717) is 24.4 Å². The Labute approximate surface area is 189 Å². The molecule has 0 aliphatic carbocycles. The van der Waals surface area contributed by atoms with Gasteiger partial charge in [-0.1, -0.05) is 26.0 Å². The molecule has 0 bridgehead atoms. The van der Waals surface area contributed by atoms with Gasteiger partial charge >= 0.3 is 0 Å². The summed E-state index contributed by atoms with van der Waals surface area (Å²) in [6.07, 6.45) is 3.20. The molecule has 1 atom stereocenters. The molecule has 2 heterocycles. The van der Waals surface area contributed by atoms with Crippen molar-refractivity contribution in [3.63, 3.8) is 0 Å². The molecule has 1 aromatic heterocycles. The van der Waals surface area contributed by atoms with E-state index in [2.05, 4.69) is 4.98 Å². The predicted octanol–water partition coefficient (Wildman–Crippen LogP) is 3.57. The second kappa shape index (κ2) is 10.1. The van der Waals surface area contributed by atoms with E-state index >= 15 is 0 Å². The molecule has 1 aliphatic rings. The molecule has 32 heavy (non-hydrogen) atoms. The van der Waals surface area contributed by atoms with E-state index in [9.17, 15) is 17.6 Å². The number of halogens is 1. The molecule has 0 unspecified atom stereocenters. The Balaban J connectivity index is 1.95. The highest BCUT2D eigenvalue weighted by molar-refractivity contribution is 7.90. The van der Waals surface area contributed by atoms with Crippen LogP contribution in [0.1, 0.15) is 51.8 Å². The van der Waals surface area contributed by atoms with Crippen molar-refractivity contribution < 1.29 is 22.3 Å². The number of hydrogen-bond acceptors (Lipinski definition) is 5. The Hall–Kier alpha value is -2.26. The molecule has 1 fully saturated rings. The zero-order valence-corrected chi connectivity index (χ0v) is 19.9. The summed E-state index contributed by atoms with van der Waals surface area (Å²) in [6, 6.07) is 5.36. The molecule has 1 saturated heterocycles. The molecule has 0 N–H and O–H groups in total. The summed E-state index contributed by atoms with van der Waals surface area (Å²) >= 11 is 0. The van der Waals surface area contributed by atoms with Crippen molar-refractivity contribution in [1.29, 1.82) is 0 Å². The van der Waals surface area contributed by atoms with Crippen molar-refractivity contribution in [2.45, 2.75) is 76.7 Å². The van der Waals surface area contributed by atoms with Gasteiger partial charge in [0.15, 0.2) is 0 Å². The van der Waals surface area contributed by atoms with Gasteiger partial charge in [-0.25, -0.2) is 17.8 Å². The van der Waals surface area contributed by atoms with Gasteiger partial charge in [0, 0.05) is 18.6 Å². The van der Waals surface area contributed by atoms with Crippen LogP contribution in [0.5, 0.6) is 0 Å². The molecule has 9 heteroatoms. The first kappa shape index (κ1) is 24.4. The Bertz CT molecular complexity index is 1030. The summed E-state index contributed by atoms with van der Waals surface area (Å²) in [5.41, 5.74) is 1.14. The number of rotatable bonds is 9. The predicted molar refractivity (Wildman–Crippen MR) is 119 cm³/mol. The van der Waals surface area contributed by atoms with Gasteiger partial charge in [-0.2, -0.15) is 0 Å². The van der Waals surface area contributed by atoms with Crippen molar-refractivity contribution in [1.82, 2.24) is 14.5 Å².